The van der Waals surface area contributed by atoms with Crippen LogP contribution < -0.4 is 9.80 Å². The molecule has 1 aromatic heterocycles. The molecule has 0 amide bonds. The maximum absolute atomic E-state index is 9.65. The Hall–Kier alpha value is -1.98. The molecule has 2 heterocycles. The summed E-state index contributed by atoms with van der Waals surface area (Å²) in [6, 6.07) is 14.1. The zero-order chi connectivity index (χ0) is 18.1. The lowest BCUT2D eigenvalue weighted by Gasteiger charge is -2.39. The van der Waals surface area contributed by atoms with Gasteiger partial charge in [0.15, 0.2) is 5.13 Å². The van der Waals surface area contributed by atoms with Crippen LogP contribution in [0.15, 0.2) is 42.5 Å². The molecule has 1 aliphatic rings. The summed E-state index contributed by atoms with van der Waals surface area (Å²) in [5.74, 6) is 0.299. The molecule has 136 valence electrons. The van der Waals surface area contributed by atoms with E-state index in [9.17, 15) is 5.11 Å². The molecule has 26 heavy (non-hydrogen) atoms. The highest BCUT2D eigenvalue weighted by molar-refractivity contribution is 7.22. The van der Waals surface area contributed by atoms with Crippen LogP contribution in [0.2, 0.25) is 5.02 Å². The quantitative estimate of drug-likeness (QED) is 0.671. The lowest BCUT2D eigenvalue weighted by molar-refractivity contribution is 0.469. The second-order valence-electron chi connectivity index (χ2n) is 6.63. The highest BCUT2D eigenvalue weighted by Gasteiger charge is 2.25. The minimum absolute atomic E-state index is 0.299. The Balaban J connectivity index is 1.46. The number of thiazole rings is 1. The number of fused-ring (bicyclic) bond motifs is 1. The number of aromatic nitrogens is 1. The zero-order valence-electron chi connectivity index (χ0n) is 14.7. The molecule has 1 aliphatic heterocycles. The van der Waals surface area contributed by atoms with Crippen LogP contribution in [0.5, 0.6) is 5.75 Å². The van der Waals surface area contributed by atoms with Crippen LogP contribution in [0, 0.1) is 0 Å². The number of anilines is 2. The molecule has 0 unspecified atom stereocenters. The number of nitrogens with zero attached hydrogens (tertiary/aromatic N) is 3. The van der Waals surface area contributed by atoms with Crippen molar-refractivity contribution in [1.29, 1.82) is 0 Å². The van der Waals surface area contributed by atoms with Crippen LogP contribution in [-0.2, 0) is 0 Å². The van der Waals surface area contributed by atoms with E-state index in [4.69, 9.17) is 16.6 Å². The molecular weight excluding hydrogens is 366 g/mol. The van der Waals surface area contributed by atoms with Crippen molar-refractivity contribution in [2.75, 3.05) is 29.4 Å². The Kier molecular flexibility index (Phi) is 4.92. The van der Waals surface area contributed by atoms with E-state index in [1.165, 1.54) is 5.69 Å². The zero-order valence-corrected chi connectivity index (χ0v) is 16.3. The largest absolute Gasteiger partial charge is 0.508 e. The minimum Gasteiger partial charge on any atom is -0.508 e. The van der Waals surface area contributed by atoms with Gasteiger partial charge in [0.05, 0.1) is 10.2 Å². The number of halogens is 1. The lowest BCUT2D eigenvalue weighted by Crippen LogP contribution is -2.45. The molecule has 0 aliphatic carbocycles. The Morgan fingerprint density at radius 1 is 1.19 bits per heavy atom. The number of phenols is 1. The molecule has 4 nitrogen and oxygen atoms in total. The van der Waals surface area contributed by atoms with Crippen molar-refractivity contribution in [1.82, 2.24) is 4.98 Å². The Labute approximate surface area is 162 Å². The summed E-state index contributed by atoms with van der Waals surface area (Å²) in [5, 5.41) is 11.5. The topological polar surface area (TPSA) is 39.6 Å². The van der Waals surface area contributed by atoms with E-state index in [2.05, 4.69) is 28.9 Å². The molecule has 0 saturated carbocycles. The maximum Gasteiger partial charge on any atom is 0.186 e. The van der Waals surface area contributed by atoms with Gasteiger partial charge in [-0.25, -0.2) is 4.98 Å². The van der Waals surface area contributed by atoms with Gasteiger partial charge in [0.2, 0.25) is 0 Å². The Morgan fingerprint density at radius 2 is 1.92 bits per heavy atom. The molecule has 0 bridgehead atoms. The second-order valence-corrected chi connectivity index (χ2v) is 8.07. The molecule has 3 aromatic rings. The second kappa shape index (κ2) is 7.33. The first kappa shape index (κ1) is 17.4. The summed E-state index contributed by atoms with van der Waals surface area (Å²) in [4.78, 5) is 9.59. The normalized spacial score (nSPS) is 15.5. The van der Waals surface area contributed by atoms with Gasteiger partial charge in [-0.05, 0) is 62.2 Å². The van der Waals surface area contributed by atoms with E-state index in [0.29, 0.717) is 11.8 Å². The number of phenolic OH excluding ortho intramolecular Hbond substituents is 1. The molecule has 1 saturated heterocycles. The van der Waals surface area contributed by atoms with Crippen molar-refractivity contribution in [3.63, 3.8) is 0 Å². The summed E-state index contributed by atoms with van der Waals surface area (Å²) < 4.78 is 1.04. The molecular formula is C20H22ClN3OS. The van der Waals surface area contributed by atoms with Crippen molar-refractivity contribution in [2.24, 2.45) is 0 Å². The van der Waals surface area contributed by atoms with E-state index in [0.717, 1.165) is 52.8 Å². The van der Waals surface area contributed by atoms with Crippen molar-refractivity contribution >= 4 is 44.0 Å². The maximum atomic E-state index is 9.65. The third kappa shape index (κ3) is 3.46. The standard InChI is InChI=1S/C20H22ClN3OS/c1-2-24(15-5-3-14(21)4-6-15)16-9-11-23(12-10-16)20-22-18-8-7-17(25)13-19(18)26-20/h3-8,13,16,25H,2,9-12H2,1H3. The molecule has 0 radical (unpaired) electrons. The van der Waals surface area contributed by atoms with E-state index in [1.54, 1.807) is 23.5 Å². The van der Waals surface area contributed by atoms with Gasteiger partial charge >= 0.3 is 0 Å². The predicted octanol–water partition coefficient (Wildman–Crippen LogP) is 5.15. The summed E-state index contributed by atoms with van der Waals surface area (Å²) in [6.07, 6.45) is 2.22. The average molecular weight is 388 g/mol. The molecule has 1 N–H and O–H groups in total. The third-order valence-electron chi connectivity index (χ3n) is 5.04. The van der Waals surface area contributed by atoms with Crippen molar-refractivity contribution in [2.45, 2.75) is 25.8 Å². The monoisotopic (exact) mass is 387 g/mol. The van der Waals surface area contributed by atoms with Gasteiger partial charge in [-0.1, -0.05) is 22.9 Å². The van der Waals surface area contributed by atoms with Gasteiger partial charge in [-0.3, -0.25) is 0 Å². The van der Waals surface area contributed by atoms with Crippen molar-refractivity contribution in [3.8, 4) is 5.75 Å². The van der Waals surface area contributed by atoms with E-state index < -0.39 is 0 Å². The Bertz CT molecular complexity index is 888. The summed E-state index contributed by atoms with van der Waals surface area (Å²) in [5.41, 5.74) is 2.20. The lowest BCUT2D eigenvalue weighted by atomic mass is 10.0. The first-order valence-corrected chi connectivity index (χ1v) is 10.2. The summed E-state index contributed by atoms with van der Waals surface area (Å²) in [7, 11) is 0. The van der Waals surface area contributed by atoms with E-state index in [1.807, 2.05) is 18.2 Å². The first-order chi connectivity index (χ1) is 12.6. The number of benzene rings is 2. The van der Waals surface area contributed by atoms with Gasteiger partial charge in [-0.2, -0.15) is 0 Å². The van der Waals surface area contributed by atoms with Gasteiger partial charge in [0.1, 0.15) is 5.75 Å². The fraction of sp³-hybridized carbons (Fsp3) is 0.350. The number of hydrogen-bond donors (Lipinski definition) is 1. The average Bonchev–Trinajstić information content (AvgIpc) is 3.07. The SMILES string of the molecule is CCN(c1ccc(Cl)cc1)C1CCN(c2nc3ccc(O)cc3s2)CC1. The first-order valence-electron chi connectivity index (χ1n) is 9.01. The van der Waals surface area contributed by atoms with Gasteiger partial charge in [0, 0.05) is 36.4 Å². The summed E-state index contributed by atoms with van der Waals surface area (Å²) in [6.45, 7) is 5.20. The minimum atomic E-state index is 0.299. The van der Waals surface area contributed by atoms with Crippen LogP contribution >= 0.6 is 22.9 Å². The van der Waals surface area contributed by atoms with Crippen LogP contribution in [0.1, 0.15) is 19.8 Å². The number of piperidine rings is 1. The Morgan fingerprint density at radius 3 is 2.62 bits per heavy atom. The third-order valence-corrected chi connectivity index (χ3v) is 6.37. The van der Waals surface area contributed by atoms with Crippen LogP contribution in [0.25, 0.3) is 10.2 Å². The molecule has 6 heteroatoms. The number of rotatable bonds is 4. The van der Waals surface area contributed by atoms with Crippen molar-refractivity contribution in [3.05, 3.63) is 47.5 Å². The fourth-order valence-corrected chi connectivity index (χ4v) is 4.87. The van der Waals surface area contributed by atoms with Gasteiger partial charge in [-0.15, -0.1) is 0 Å². The van der Waals surface area contributed by atoms with Crippen LogP contribution in [0.4, 0.5) is 10.8 Å². The summed E-state index contributed by atoms with van der Waals surface area (Å²) >= 11 is 7.69. The molecule has 4 rings (SSSR count). The fourth-order valence-electron chi connectivity index (χ4n) is 3.69. The smallest absolute Gasteiger partial charge is 0.186 e. The number of aromatic hydroxyl groups is 1. The highest BCUT2D eigenvalue weighted by atomic mass is 35.5. The van der Waals surface area contributed by atoms with E-state index in [-0.39, 0.29) is 0 Å². The van der Waals surface area contributed by atoms with Crippen LogP contribution in [-0.4, -0.2) is 35.8 Å². The highest BCUT2D eigenvalue weighted by Crippen LogP contribution is 2.33. The van der Waals surface area contributed by atoms with Crippen LogP contribution in [0.3, 0.4) is 0 Å². The van der Waals surface area contributed by atoms with Gasteiger partial charge in [0.25, 0.3) is 0 Å². The van der Waals surface area contributed by atoms with E-state index >= 15 is 0 Å². The van der Waals surface area contributed by atoms with Gasteiger partial charge < -0.3 is 14.9 Å². The molecule has 0 spiro atoms. The molecule has 1 fully saturated rings. The molecule has 0 atom stereocenters. The molecule has 2 aromatic carbocycles. The van der Waals surface area contributed by atoms with Crippen molar-refractivity contribution < 1.29 is 5.11 Å². The number of hydrogen-bond acceptors (Lipinski definition) is 5. The predicted molar refractivity (Wildman–Crippen MR) is 111 cm³/mol.